The molecule has 202 valence electrons. The topological polar surface area (TPSA) is 96.6 Å². The second kappa shape index (κ2) is 11.9. The Kier molecular flexibility index (Phi) is 8.34. The lowest BCUT2D eigenvalue weighted by atomic mass is 10.1. The van der Waals surface area contributed by atoms with Crippen LogP contribution in [0.25, 0.3) is 0 Å². The number of aryl methyl sites for hydroxylation is 1. The van der Waals surface area contributed by atoms with Crippen molar-refractivity contribution >= 4 is 34.8 Å². The van der Waals surface area contributed by atoms with Crippen LogP contribution in [0.4, 0.5) is 33.5 Å². The van der Waals surface area contributed by atoms with E-state index in [1.165, 1.54) is 11.2 Å². The standard InChI is InChI=1S/C31H36N6O2/c1-22-16-25(18-26(17-22)36(5)30(38)39-31(2,3)4)35-28-27(32)29(34-21-33-28)37(19-23-12-8-6-9-13-23)20-24-14-10-7-11-15-24/h6-18,21H,19-20,32H2,1-5H3,(H,33,34,35). The minimum atomic E-state index is -0.590. The lowest BCUT2D eigenvalue weighted by Gasteiger charge is -2.26. The summed E-state index contributed by atoms with van der Waals surface area (Å²) in [4.78, 5) is 25.3. The monoisotopic (exact) mass is 524 g/mol. The first-order valence-electron chi connectivity index (χ1n) is 12.9. The molecular weight excluding hydrogens is 488 g/mol. The van der Waals surface area contributed by atoms with E-state index in [0.717, 1.165) is 22.4 Å². The van der Waals surface area contributed by atoms with E-state index in [2.05, 4.69) is 44.5 Å². The summed E-state index contributed by atoms with van der Waals surface area (Å²) in [6, 6.07) is 26.2. The molecule has 39 heavy (non-hydrogen) atoms. The molecule has 4 aromatic rings. The summed E-state index contributed by atoms with van der Waals surface area (Å²) in [5.74, 6) is 1.13. The van der Waals surface area contributed by atoms with Gasteiger partial charge in [0.1, 0.15) is 17.6 Å². The zero-order chi connectivity index (χ0) is 28.0. The summed E-state index contributed by atoms with van der Waals surface area (Å²) < 4.78 is 5.53. The maximum atomic E-state index is 12.7. The van der Waals surface area contributed by atoms with Gasteiger partial charge in [0.05, 0.1) is 0 Å². The second-order valence-corrected chi connectivity index (χ2v) is 10.5. The van der Waals surface area contributed by atoms with Crippen molar-refractivity contribution in [2.24, 2.45) is 0 Å². The molecule has 0 aliphatic rings. The first-order chi connectivity index (χ1) is 18.6. The van der Waals surface area contributed by atoms with Crippen LogP contribution in [0.5, 0.6) is 0 Å². The molecule has 0 spiro atoms. The van der Waals surface area contributed by atoms with Crippen molar-refractivity contribution in [2.45, 2.75) is 46.4 Å². The van der Waals surface area contributed by atoms with Gasteiger partial charge in [0.25, 0.3) is 0 Å². The fourth-order valence-electron chi connectivity index (χ4n) is 4.15. The normalized spacial score (nSPS) is 11.1. The minimum Gasteiger partial charge on any atom is -0.443 e. The molecule has 0 aliphatic heterocycles. The van der Waals surface area contributed by atoms with Crippen LogP contribution >= 0.6 is 0 Å². The first-order valence-corrected chi connectivity index (χ1v) is 12.9. The Morgan fingerprint density at radius 3 is 2.08 bits per heavy atom. The number of rotatable bonds is 8. The molecule has 1 aromatic heterocycles. The highest BCUT2D eigenvalue weighted by Crippen LogP contribution is 2.32. The zero-order valence-electron chi connectivity index (χ0n) is 23.2. The number of nitrogen functional groups attached to an aromatic ring is 1. The van der Waals surface area contributed by atoms with Crippen molar-refractivity contribution in [3.05, 3.63) is 102 Å². The Bertz CT molecular complexity index is 1360. The van der Waals surface area contributed by atoms with Crippen molar-refractivity contribution in [3.63, 3.8) is 0 Å². The van der Waals surface area contributed by atoms with E-state index in [4.69, 9.17) is 10.5 Å². The van der Waals surface area contributed by atoms with Gasteiger partial charge in [0, 0.05) is 31.5 Å². The molecule has 0 saturated heterocycles. The van der Waals surface area contributed by atoms with Crippen molar-refractivity contribution < 1.29 is 9.53 Å². The van der Waals surface area contributed by atoms with Crippen LogP contribution in [0.15, 0.2) is 85.2 Å². The Labute approximate surface area is 230 Å². The minimum absolute atomic E-state index is 0.430. The molecule has 0 radical (unpaired) electrons. The molecule has 4 rings (SSSR count). The lowest BCUT2D eigenvalue weighted by Crippen LogP contribution is -2.34. The summed E-state index contributed by atoms with van der Waals surface area (Å²) in [6.07, 6.45) is 1.08. The summed E-state index contributed by atoms with van der Waals surface area (Å²) in [6.45, 7) is 8.76. The molecule has 0 bridgehead atoms. The average Bonchev–Trinajstić information content (AvgIpc) is 2.89. The van der Waals surface area contributed by atoms with Crippen molar-refractivity contribution in [1.29, 1.82) is 0 Å². The SMILES string of the molecule is Cc1cc(Nc2ncnc(N(Cc3ccccc3)Cc3ccccc3)c2N)cc(N(C)C(=O)OC(C)(C)C)c1. The highest BCUT2D eigenvalue weighted by Gasteiger charge is 2.22. The van der Waals surface area contributed by atoms with Crippen LogP contribution < -0.4 is 20.9 Å². The van der Waals surface area contributed by atoms with Crippen molar-refractivity contribution in [2.75, 3.05) is 27.9 Å². The van der Waals surface area contributed by atoms with Gasteiger partial charge in [-0.1, -0.05) is 60.7 Å². The second-order valence-electron chi connectivity index (χ2n) is 10.5. The fourth-order valence-corrected chi connectivity index (χ4v) is 4.15. The van der Waals surface area contributed by atoms with Gasteiger partial charge in [0.2, 0.25) is 0 Å². The van der Waals surface area contributed by atoms with Gasteiger partial charge in [-0.05, 0) is 62.6 Å². The van der Waals surface area contributed by atoms with Crippen LogP contribution in [-0.4, -0.2) is 28.7 Å². The number of nitrogens with two attached hydrogens (primary N) is 1. The number of carbonyl (C=O) groups excluding carboxylic acids is 1. The maximum Gasteiger partial charge on any atom is 0.414 e. The number of hydrogen-bond donors (Lipinski definition) is 2. The van der Waals surface area contributed by atoms with Gasteiger partial charge < -0.3 is 20.7 Å². The predicted octanol–water partition coefficient (Wildman–Crippen LogP) is 6.69. The number of ether oxygens (including phenoxy) is 1. The van der Waals surface area contributed by atoms with Gasteiger partial charge in [-0.15, -0.1) is 0 Å². The predicted molar refractivity (Wildman–Crippen MR) is 158 cm³/mol. The highest BCUT2D eigenvalue weighted by atomic mass is 16.6. The van der Waals surface area contributed by atoms with Gasteiger partial charge in [-0.25, -0.2) is 14.8 Å². The number of aromatic nitrogens is 2. The number of benzene rings is 3. The average molecular weight is 525 g/mol. The number of anilines is 5. The molecule has 0 aliphatic carbocycles. The Morgan fingerprint density at radius 1 is 0.923 bits per heavy atom. The van der Waals surface area contributed by atoms with Crippen LogP contribution in [0.2, 0.25) is 0 Å². The molecule has 0 saturated carbocycles. The number of nitrogens with one attached hydrogen (secondary N) is 1. The molecule has 1 amide bonds. The molecule has 1 heterocycles. The van der Waals surface area contributed by atoms with Crippen LogP contribution in [0.3, 0.4) is 0 Å². The Hall–Kier alpha value is -4.59. The summed E-state index contributed by atoms with van der Waals surface area (Å²) >= 11 is 0. The van der Waals surface area contributed by atoms with E-state index < -0.39 is 11.7 Å². The number of nitrogens with zero attached hydrogens (tertiary/aromatic N) is 4. The molecule has 0 atom stereocenters. The summed E-state index contributed by atoms with van der Waals surface area (Å²) in [7, 11) is 1.69. The van der Waals surface area contributed by atoms with Crippen molar-refractivity contribution in [1.82, 2.24) is 9.97 Å². The third-order valence-electron chi connectivity index (χ3n) is 5.97. The zero-order valence-corrected chi connectivity index (χ0v) is 23.2. The Balaban J connectivity index is 1.63. The molecule has 3 aromatic carbocycles. The number of amides is 1. The lowest BCUT2D eigenvalue weighted by molar-refractivity contribution is 0.0589. The van der Waals surface area contributed by atoms with Crippen LogP contribution in [0.1, 0.15) is 37.5 Å². The molecular formula is C31H36N6O2. The van der Waals surface area contributed by atoms with E-state index in [1.807, 2.05) is 82.3 Å². The third kappa shape index (κ3) is 7.47. The summed E-state index contributed by atoms with van der Waals surface area (Å²) in [5, 5.41) is 3.34. The molecule has 8 heteroatoms. The molecule has 0 unspecified atom stereocenters. The van der Waals surface area contributed by atoms with Gasteiger partial charge in [-0.3, -0.25) is 4.90 Å². The third-order valence-corrected chi connectivity index (χ3v) is 5.97. The number of carbonyl (C=O) groups is 1. The van der Waals surface area contributed by atoms with Crippen LogP contribution in [0, 0.1) is 6.92 Å². The molecule has 3 N–H and O–H groups in total. The summed E-state index contributed by atoms with van der Waals surface area (Å²) in [5.41, 5.74) is 11.2. The van der Waals surface area contributed by atoms with Crippen LogP contribution in [-0.2, 0) is 17.8 Å². The van der Waals surface area contributed by atoms with E-state index in [1.54, 1.807) is 7.05 Å². The fraction of sp³-hybridized carbons (Fsp3) is 0.258. The van der Waals surface area contributed by atoms with E-state index in [0.29, 0.717) is 36.1 Å². The largest absolute Gasteiger partial charge is 0.443 e. The Morgan fingerprint density at radius 2 is 1.51 bits per heavy atom. The van der Waals surface area contributed by atoms with Crippen molar-refractivity contribution in [3.8, 4) is 0 Å². The van der Waals surface area contributed by atoms with E-state index in [-0.39, 0.29) is 0 Å². The van der Waals surface area contributed by atoms with Gasteiger partial charge in [-0.2, -0.15) is 0 Å². The van der Waals surface area contributed by atoms with E-state index >= 15 is 0 Å². The molecule has 0 fully saturated rings. The maximum absolute atomic E-state index is 12.7. The highest BCUT2D eigenvalue weighted by molar-refractivity contribution is 5.89. The number of hydrogen-bond acceptors (Lipinski definition) is 7. The van der Waals surface area contributed by atoms with E-state index in [9.17, 15) is 4.79 Å². The van der Waals surface area contributed by atoms with Gasteiger partial charge in [0.15, 0.2) is 11.6 Å². The first kappa shape index (κ1) is 27.4. The molecule has 8 nitrogen and oxygen atoms in total. The smallest absolute Gasteiger partial charge is 0.414 e. The van der Waals surface area contributed by atoms with Gasteiger partial charge >= 0.3 is 6.09 Å². The quantitative estimate of drug-likeness (QED) is 0.265.